The maximum atomic E-state index is 10.2. The van der Waals surface area contributed by atoms with E-state index in [1.807, 2.05) is 0 Å². The predicted molar refractivity (Wildman–Crippen MR) is 33.0 cm³/mol. The van der Waals surface area contributed by atoms with Gasteiger partial charge in [-0.15, -0.1) is 0 Å². The van der Waals surface area contributed by atoms with Crippen LogP contribution in [0.3, 0.4) is 0 Å². The lowest BCUT2D eigenvalue weighted by Gasteiger charge is -2.03. The van der Waals surface area contributed by atoms with Gasteiger partial charge in [0.1, 0.15) is 0 Å². The summed E-state index contributed by atoms with van der Waals surface area (Å²) in [4.78, 5) is 13.8. The van der Waals surface area contributed by atoms with Gasteiger partial charge in [-0.2, -0.15) is 0 Å². The first-order valence-corrected chi connectivity index (χ1v) is 2.62. The van der Waals surface area contributed by atoms with Crippen molar-refractivity contribution >= 4 is 11.7 Å². The van der Waals surface area contributed by atoms with Crippen LogP contribution in [0.25, 0.3) is 0 Å². The van der Waals surface area contributed by atoms with Gasteiger partial charge in [0.25, 0.3) is 0 Å². The number of carbonyl (C=O) groups excluding carboxylic acids is 1. The van der Waals surface area contributed by atoms with Gasteiger partial charge < -0.3 is 15.6 Å². The number of carboxylic acid groups (broad SMARTS) is 1. The van der Waals surface area contributed by atoms with E-state index in [1.54, 1.807) is 0 Å². The minimum atomic E-state index is -1.28. The molecule has 1 aromatic rings. The number of carboxylic acids is 1. The van der Waals surface area contributed by atoms with Crippen molar-refractivity contribution in [3.63, 3.8) is 0 Å². The van der Waals surface area contributed by atoms with Crippen LogP contribution in [0.4, 0.5) is 5.69 Å². The van der Waals surface area contributed by atoms with Crippen molar-refractivity contribution in [2.75, 3.05) is 5.73 Å². The van der Waals surface area contributed by atoms with E-state index in [2.05, 4.69) is 4.98 Å². The summed E-state index contributed by atoms with van der Waals surface area (Å²) >= 11 is 0. The minimum Gasteiger partial charge on any atom is -0.545 e. The molecule has 0 atom stereocenters. The standard InChI is InChI=1S/C6H6N2O2/c7-5-3-8-2-1-4(5)6(9)10/h1-3H,7H2,(H,9,10)/p-1. The number of nitrogens with two attached hydrogens (primary N) is 1. The molecular formula is C6H5N2O2-. The van der Waals surface area contributed by atoms with Crippen molar-refractivity contribution < 1.29 is 9.90 Å². The van der Waals surface area contributed by atoms with Crippen molar-refractivity contribution in [3.8, 4) is 0 Å². The normalized spacial score (nSPS) is 9.20. The lowest BCUT2D eigenvalue weighted by molar-refractivity contribution is -0.254. The molecule has 4 nitrogen and oxygen atoms in total. The Morgan fingerprint density at radius 2 is 2.40 bits per heavy atom. The second-order valence-corrected chi connectivity index (χ2v) is 1.75. The van der Waals surface area contributed by atoms with Gasteiger partial charge in [-0.05, 0) is 6.07 Å². The second-order valence-electron chi connectivity index (χ2n) is 1.75. The molecule has 52 valence electrons. The van der Waals surface area contributed by atoms with E-state index >= 15 is 0 Å². The van der Waals surface area contributed by atoms with Crippen LogP contribution in [0.2, 0.25) is 0 Å². The van der Waals surface area contributed by atoms with Crippen molar-refractivity contribution in [1.29, 1.82) is 0 Å². The second kappa shape index (κ2) is 2.34. The summed E-state index contributed by atoms with van der Waals surface area (Å²) in [5.41, 5.74) is 5.35. The maximum Gasteiger partial charge on any atom is 0.0737 e. The highest BCUT2D eigenvalue weighted by atomic mass is 16.4. The lowest BCUT2D eigenvalue weighted by atomic mass is 10.2. The fourth-order valence-corrected chi connectivity index (χ4v) is 0.593. The first kappa shape index (κ1) is 6.54. The third-order valence-electron chi connectivity index (χ3n) is 1.07. The Labute approximate surface area is 57.3 Å². The van der Waals surface area contributed by atoms with Gasteiger partial charge in [0.05, 0.1) is 17.9 Å². The quantitative estimate of drug-likeness (QED) is 0.540. The van der Waals surface area contributed by atoms with Crippen molar-refractivity contribution in [3.05, 3.63) is 24.0 Å². The summed E-state index contributed by atoms with van der Waals surface area (Å²) in [6, 6.07) is 1.30. The van der Waals surface area contributed by atoms with E-state index in [1.165, 1.54) is 18.5 Å². The van der Waals surface area contributed by atoms with E-state index in [0.717, 1.165) is 0 Å². The van der Waals surface area contributed by atoms with Crippen LogP contribution in [-0.4, -0.2) is 11.0 Å². The van der Waals surface area contributed by atoms with E-state index in [-0.39, 0.29) is 11.3 Å². The Morgan fingerprint density at radius 3 is 2.80 bits per heavy atom. The first-order chi connectivity index (χ1) is 4.72. The number of carbonyl (C=O) groups is 1. The van der Waals surface area contributed by atoms with Crippen LogP contribution < -0.4 is 10.8 Å². The molecule has 0 aliphatic rings. The molecule has 0 spiro atoms. The number of nitrogen functional groups attached to an aromatic ring is 1. The molecule has 0 saturated carbocycles. The average Bonchev–Trinajstić information content (AvgIpc) is 1.88. The van der Waals surface area contributed by atoms with Crippen LogP contribution in [0.15, 0.2) is 18.5 Å². The topological polar surface area (TPSA) is 79.0 Å². The zero-order valence-electron chi connectivity index (χ0n) is 5.07. The fourth-order valence-electron chi connectivity index (χ4n) is 0.593. The molecule has 0 saturated heterocycles. The van der Waals surface area contributed by atoms with Crippen LogP contribution in [0.1, 0.15) is 10.4 Å². The molecule has 0 fully saturated rings. The molecule has 10 heavy (non-hydrogen) atoms. The van der Waals surface area contributed by atoms with Gasteiger partial charge in [-0.1, -0.05) is 0 Å². The Bertz CT molecular complexity index is 260. The maximum absolute atomic E-state index is 10.2. The van der Waals surface area contributed by atoms with E-state index in [0.29, 0.717) is 0 Å². The number of rotatable bonds is 1. The molecule has 2 N–H and O–H groups in total. The number of aromatic carboxylic acids is 1. The van der Waals surface area contributed by atoms with E-state index in [9.17, 15) is 9.90 Å². The molecule has 0 aromatic carbocycles. The Kier molecular flexibility index (Phi) is 1.53. The number of hydrogen-bond donors (Lipinski definition) is 1. The van der Waals surface area contributed by atoms with Gasteiger partial charge in [0.2, 0.25) is 0 Å². The summed E-state index contributed by atoms with van der Waals surface area (Å²) in [6.45, 7) is 0. The highest BCUT2D eigenvalue weighted by Gasteiger charge is 1.96. The molecule has 1 heterocycles. The van der Waals surface area contributed by atoms with Gasteiger partial charge in [-0.3, -0.25) is 4.98 Å². The lowest BCUT2D eigenvalue weighted by Crippen LogP contribution is -2.23. The SMILES string of the molecule is Nc1cnccc1C(=O)[O-]. The Balaban J connectivity index is 3.15. The van der Waals surface area contributed by atoms with E-state index in [4.69, 9.17) is 5.73 Å². The molecule has 0 bridgehead atoms. The number of anilines is 1. The number of aromatic nitrogens is 1. The minimum absolute atomic E-state index is 0.0185. The van der Waals surface area contributed by atoms with Gasteiger partial charge >= 0.3 is 0 Å². The highest BCUT2D eigenvalue weighted by molar-refractivity contribution is 5.91. The summed E-state index contributed by atoms with van der Waals surface area (Å²) in [5, 5.41) is 10.2. The monoisotopic (exact) mass is 137 g/mol. The van der Waals surface area contributed by atoms with E-state index < -0.39 is 5.97 Å². The molecule has 0 radical (unpaired) electrons. The molecule has 0 aliphatic carbocycles. The van der Waals surface area contributed by atoms with Crippen LogP contribution in [0, 0.1) is 0 Å². The Hall–Kier alpha value is -1.58. The van der Waals surface area contributed by atoms with Crippen LogP contribution in [-0.2, 0) is 0 Å². The summed E-state index contributed by atoms with van der Waals surface area (Å²) in [5.74, 6) is -1.28. The zero-order chi connectivity index (χ0) is 7.56. The van der Waals surface area contributed by atoms with Gasteiger partial charge in [0.15, 0.2) is 0 Å². The zero-order valence-corrected chi connectivity index (χ0v) is 5.07. The number of pyridine rings is 1. The summed E-state index contributed by atoms with van der Waals surface area (Å²) in [6.07, 6.45) is 2.62. The summed E-state index contributed by atoms with van der Waals surface area (Å²) < 4.78 is 0. The van der Waals surface area contributed by atoms with Gasteiger partial charge in [0, 0.05) is 11.8 Å². The molecule has 0 amide bonds. The predicted octanol–water partition coefficient (Wildman–Crippen LogP) is -0.973. The average molecular weight is 137 g/mol. The number of nitrogens with zero attached hydrogens (tertiary/aromatic N) is 1. The van der Waals surface area contributed by atoms with Crippen molar-refractivity contribution in [2.45, 2.75) is 0 Å². The number of hydrogen-bond acceptors (Lipinski definition) is 4. The largest absolute Gasteiger partial charge is 0.545 e. The highest BCUT2D eigenvalue weighted by Crippen LogP contribution is 2.05. The molecule has 1 rings (SSSR count). The smallest absolute Gasteiger partial charge is 0.0737 e. The summed E-state index contributed by atoms with van der Waals surface area (Å²) in [7, 11) is 0. The van der Waals surface area contributed by atoms with Crippen LogP contribution in [0.5, 0.6) is 0 Å². The molecule has 0 aliphatic heterocycles. The third kappa shape index (κ3) is 1.05. The Morgan fingerprint density at radius 1 is 1.70 bits per heavy atom. The molecule has 1 aromatic heterocycles. The molecular weight excluding hydrogens is 132 g/mol. The molecule has 4 heteroatoms. The third-order valence-corrected chi connectivity index (χ3v) is 1.07. The van der Waals surface area contributed by atoms with Crippen LogP contribution >= 0.6 is 0 Å². The fraction of sp³-hybridized carbons (Fsp3) is 0. The van der Waals surface area contributed by atoms with Crippen molar-refractivity contribution in [1.82, 2.24) is 4.98 Å². The first-order valence-electron chi connectivity index (χ1n) is 2.62. The van der Waals surface area contributed by atoms with Crippen molar-refractivity contribution in [2.24, 2.45) is 0 Å². The van der Waals surface area contributed by atoms with Gasteiger partial charge in [-0.25, -0.2) is 0 Å². The molecule has 0 unspecified atom stereocenters.